The fourth-order valence-electron chi connectivity index (χ4n) is 3.26. The van der Waals surface area contributed by atoms with Crippen LogP contribution in [-0.2, 0) is 0 Å². The van der Waals surface area contributed by atoms with Gasteiger partial charge in [0.1, 0.15) is 0 Å². The molecule has 1 saturated heterocycles. The van der Waals surface area contributed by atoms with Gasteiger partial charge < -0.3 is 9.64 Å². The number of ether oxygens (including phenoxy) is 1. The van der Waals surface area contributed by atoms with Crippen molar-refractivity contribution in [1.82, 2.24) is 14.5 Å². The van der Waals surface area contributed by atoms with Gasteiger partial charge in [0.25, 0.3) is 5.88 Å². The molecule has 1 aliphatic carbocycles. The first-order valence-corrected chi connectivity index (χ1v) is 7.97. The molecular formula is C16H25N5O. The third-order valence-corrected chi connectivity index (χ3v) is 4.60. The molecular weight excluding hydrogens is 278 g/mol. The topological polar surface area (TPSA) is 78.0 Å². The summed E-state index contributed by atoms with van der Waals surface area (Å²) in [6.07, 6.45) is 6.28. The highest BCUT2D eigenvalue weighted by Crippen LogP contribution is 2.39. The SMILES string of the molecule is COc1ncc(C2CC2)n(C(=N)N2CCCC(C)(C)C2)c1=N. The fourth-order valence-corrected chi connectivity index (χ4v) is 3.26. The summed E-state index contributed by atoms with van der Waals surface area (Å²) in [7, 11) is 1.52. The lowest BCUT2D eigenvalue weighted by Gasteiger charge is -2.39. The summed E-state index contributed by atoms with van der Waals surface area (Å²) >= 11 is 0. The number of methoxy groups -OCH3 is 1. The van der Waals surface area contributed by atoms with Gasteiger partial charge in [-0.15, -0.1) is 0 Å². The van der Waals surface area contributed by atoms with Gasteiger partial charge in [0.2, 0.25) is 5.96 Å². The molecule has 0 spiro atoms. The molecule has 6 heteroatoms. The van der Waals surface area contributed by atoms with Gasteiger partial charge in [0.05, 0.1) is 13.3 Å². The van der Waals surface area contributed by atoms with Crippen molar-refractivity contribution in [2.45, 2.75) is 45.4 Å². The Hall–Kier alpha value is -1.85. The Labute approximate surface area is 131 Å². The average Bonchev–Trinajstić information content (AvgIpc) is 3.29. The molecule has 120 valence electrons. The van der Waals surface area contributed by atoms with Crippen LogP contribution in [0.3, 0.4) is 0 Å². The van der Waals surface area contributed by atoms with E-state index in [1.54, 1.807) is 10.8 Å². The van der Waals surface area contributed by atoms with E-state index in [2.05, 4.69) is 23.7 Å². The van der Waals surface area contributed by atoms with E-state index in [4.69, 9.17) is 15.6 Å². The molecule has 0 radical (unpaired) electrons. The molecule has 1 saturated carbocycles. The van der Waals surface area contributed by atoms with Crippen molar-refractivity contribution in [3.8, 4) is 5.88 Å². The molecule has 0 atom stereocenters. The van der Waals surface area contributed by atoms with Crippen LogP contribution in [0.1, 0.15) is 51.1 Å². The van der Waals surface area contributed by atoms with Crippen LogP contribution in [0.2, 0.25) is 0 Å². The van der Waals surface area contributed by atoms with Crippen LogP contribution in [-0.4, -0.2) is 40.6 Å². The first kappa shape index (κ1) is 15.1. The Morgan fingerprint density at radius 2 is 2.14 bits per heavy atom. The van der Waals surface area contributed by atoms with Gasteiger partial charge in [-0.3, -0.25) is 15.4 Å². The molecule has 1 aromatic rings. The second-order valence-electron chi connectivity index (χ2n) is 7.16. The van der Waals surface area contributed by atoms with E-state index in [0.29, 0.717) is 11.9 Å². The molecule has 2 N–H and O–H groups in total. The lowest BCUT2D eigenvalue weighted by atomic mass is 9.84. The van der Waals surface area contributed by atoms with Gasteiger partial charge in [-0.25, -0.2) is 4.98 Å². The summed E-state index contributed by atoms with van der Waals surface area (Å²) in [5, 5.41) is 17.0. The Kier molecular flexibility index (Phi) is 3.70. The van der Waals surface area contributed by atoms with Crippen LogP contribution in [0.15, 0.2) is 6.20 Å². The normalized spacial score (nSPS) is 20.8. The van der Waals surface area contributed by atoms with E-state index >= 15 is 0 Å². The number of nitrogens with zero attached hydrogens (tertiary/aromatic N) is 3. The monoisotopic (exact) mass is 303 g/mol. The summed E-state index contributed by atoms with van der Waals surface area (Å²) in [6, 6.07) is 0. The van der Waals surface area contributed by atoms with Gasteiger partial charge in [0.15, 0.2) is 5.49 Å². The molecule has 1 aromatic heterocycles. The number of hydrogen-bond acceptors (Lipinski definition) is 4. The third kappa shape index (κ3) is 2.74. The van der Waals surface area contributed by atoms with E-state index in [9.17, 15) is 0 Å². The van der Waals surface area contributed by atoms with Crippen LogP contribution in [0.4, 0.5) is 0 Å². The van der Waals surface area contributed by atoms with E-state index in [-0.39, 0.29) is 16.8 Å². The predicted molar refractivity (Wildman–Crippen MR) is 84.3 cm³/mol. The zero-order chi connectivity index (χ0) is 15.9. The van der Waals surface area contributed by atoms with Gasteiger partial charge in [-0.2, -0.15) is 0 Å². The number of hydrogen-bond donors (Lipinski definition) is 2. The molecule has 0 bridgehead atoms. The summed E-state index contributed by atoms with van der Waals surface area (Å²) in [6.45, 7) is 6.22. The van der Waals surface area contributed by atoms with Crippen molar-refractivity contribution in [3.05, 3.63) is 17.4 Å². The summed E-state index contributed by atoms with van der Waals surface area (Å²) in [4.78, 5) is 6.32. The molecule has 0 amide bonds. The van der Waals surface area contributed by atoms with E-state index in [1.807, 2.05) is 0 Å². The number of piperidine rings is 1. The number of nitrogens with one attached hydrogen (secondary N) is 2. The first-order valence-electron chi connectivity index (χ1n) is 7.97. The van der Waals surface area contributed by atoms with Crippen molar-refractivity contribution in [2.24, 2.45) is 5.41 Å². The van der Waals surface area contributed by atoms with Crippen LogP contribution in [0, 0.1) is 16.2 Å². The van der Waals surface area contributed by atoms with Gasteiger partial charge in [-0.05, 0) is 31.1 Å². The molecule has 2 fully saturated rings. The average molecular weight is 303 g/mol. The van der Waals surface area contributed by atoms with E-state index in [1.165, 1.54) is 13.5 Å². The molecule has 0 aromatic carbocycles. The summed E-state index contributed by atoms with van der Waals surface area (Å²) < 4.78 is 6.91. The van der Waals surface area contributed by atoms with Crippen LogP contribution in [0.25, 0.3) is 0 Å². The summed E-state index contributed by atoms with van der Waals surface area (Å²) in [5.41, 5.74) is 1.36. The Balaban J connectivity index is 1.99. The number of aromatic nitrogens is 2. The minimum absolute atomic E-state index is 0.181. The quantitative estimate of drug-likeness (QED) is 0.649. The first-order chi connectivity index (χ1) is 10.4. The maximum absolute atomic E-state index is 8.66. The second-order valence-corrected chi connectivity index (χ2v) is 7.16. The van der Waals surface area contributed by atoms with Crippen molar-refractivity contribution >= 4 is 5.96 Å². The van der Waals surface area contributed by atoms with E-state index in [0.717, 1.165) is 38.0 Å². The largest absolute Gasteiger partial charge is 0.478 e. The van der Waals surface area contributed by atoms with Gasteiger partial charge in [0, 0.05) is 24.7 Å². The predicted octanol–water partition coefficient (Wildman–Crippen LogP) is 2.15. The van der Waals surface area contributed by atoms with Crippen molar-refractivity contribution < 1.29 is 4.74 Å². The van der Waals surface area contributed by atoms with Gasteiger partial charge in [-0.1, -0.05) is 13.8 Å². The Bertz CT molecular complexity index is 644. The maximum atomic E-state index is 8.66. The molecule has 1 aliphatic heterocycles. The fraction of sp³-hybridized carbons (Fsp3) is 0.688. The third-order valence-electron chi connectivity index (χ3n) is 4.60. The molecule has 0 unspecified atom stereocenters. The van der Waals surface area contributed by atoms with Crippen molar-refractivity contribution in [2.75, 3.05) is 20.2 Å². The molecule has 2 heterocycles. The zero-order valence-electron chi connectivity index (χ0n) is 13.6. The molecule has 3 rings (SSSR count). The minimum Gasteiger partial charge on any atom is -0.478 e. The summed E-state index contributed by atoms with van der Waals surface area (Å²) in [5.74, 6) is 1.10. The van der Waals surface area contributed by atoms with Crippen molar-refractivity contribution in [1.29, 1.82) is 10.8 Å². The van der Waals surface area contributed by atoms with Crippen LogP contribution >= 0.6 is 0 Å². The lowest BCUT2D eigenvalue weighted by molar-refractivity contribution is 0.173. The molecule has 6 nitrogen and oxygen atoms in total. The zero-order valence-corrected chi connectivity index (χ0v) is 13.6. The van der Waals surface area contributed by atoms with Crippen molar-refractivity contribution in [3.63, 3.8) is 0 Å². The van der Waals surface area contributed by atoms with Gasteiger partial charge >= 0.3 is 0 Å². The smallest absolute Gasteiger partial charge is 0.257 e. The van der Waals surface area contributed by atoms with E-state index < -0.39 is 0 Å². The number of rotatable bonds is 2. The Morgan fingerprint density at radius 3 is 2.73 bits per heavy atom. The highest BCUT2D eigenvalue weighted by Gasteiger charge is 2.32. The van der Waals surface area contributed by atoms with Crippen LogP contribution < -0.4 is 10.2 Å². The van der Waals surface area contributed by atoms with Crippen LogP contribution in [0.5, 0.6) is 5.88 Å². The number of likely N-dealkylation sites (tertiary alicyclic amines) is 1. The molecule has 2 aliphatic rings. The standard InChI is InChI=1S/C16H25N5O/c1-16(2)7-4-8-20(10-16)15(18)21-12(11-5-6-11)9-19-14(22-3)13(21)17/h9,11,17-18H,4-8,10H2,1-3H3. The molecule has 22 heavy (non-hydrogen) atoms. The minimum atomic E-state index is 0.181. The maximum Gasteiger partial charge on any atom is 0.257 e. The highest BCUT2D eigenvalue weighted by atomic mass is 16.5. The second kappa shape index (κ2) is 5.41. The Morgan fingerprint density at radius 1 is 1.41 bits per heavy atom. The lowest BCUT2D eigenvalue weighted by Crippen LogP contribution is -2.49. The highest BCUT2D eigenvalue weighted by molar-refractivity contribution is 5.80.